The summed E-state index contributed by atoms with van der Waals surface area (Å²) in [6, 6.07) is 0.428. The van der Waals surface area contributed by atoms with Crippen LogP contribution in [-0.2, 0) is 14.3 Å². The molecule has 2 atom stereocenters. The molecule has 1 rings (SSSR count). The first-order valence-electron chi connectivity index (χ1n) is 7.65. The second-order valence-corrected chi connectivity index (χ2v) is 5.63. The van der Waals surface area contributed by atoms with Crippen molar-refractivity contribution < 1.29 is 14.3 Å². The monoisotopic (exact) mass is 286 g/mol. The van der Waals surface area contributed by atoms with Crippen molar-refractivity contribution >= 4 is 5.97 Å². The molecule has 1 aliphatic carbocycles. The fourth-order valence-electron chi connectivity index (χ4n) is 3.05. The van der Waals surface area contributed by atoms with Gasteiger partial charge in [-0.2, -0.15) is 0 Å². The summed E-state index contributed by atoms with van der Waals surface area (Å²) in [5, 5.41) is 3.23. The first kappa shape index (κ1) is 17.4. The molecule has 1 N–H and O–H groups in total. The van der Waals surface area contributed by atoms with E-state index in [0.29, 0.717) is 12.6 Å². The molecule has 5 heteroatoms. The third kappa shape index (κ3) is 4.43. The molecule has 1 saturated carbocycles. The Balaban J connectivity index is 2.61. The first-order valence-corrected chi connectivity index (χ1v) is 7.65. The lowest BCUT2D eigenvalue weighted by Gasteiger charge is -2.42. The molecule has 1 fully saturated rings. The van der Waals surface area contributed by atoms with Crippen molar-refractivity contribution in [2.24, 2.45) is 0 Å². The largest absolute Gasteiger partial charge is 0.465 e. The molecule has 0 saturated heterocycles. The highest BCUT2D eigenvalue weighted by molar-refractivity contribution is 5.81. The maximum Gasteiger partial charge on any atom is 0.326 e. The standard InChI is InChI=1S/C15H30N2O3/c1-5-20-14(18)15(16-2)9-6-8-13(12-15)17(3)10-7-11-19-4/h13,16H,5-12H2,1-4H3. The van der Waals surface area contributed by atoms with E-state index in [9.17, 15) is 4.79 Å². The zero-order chi connectivity index (χ0) is 15.0. The van der Waals surface area contributed by atoms with Gasteiger partial charge in [-0.25, -0.2) is 0 Å². The molecule has 118 valence electrons. The summed E-state index contributed by atoms with van der Waals surface area (Å²) in [6.07, 6.45) is 4.91. The maximum atomic E-state index is 12.3. The van der Waals surface area contributed by atoms with Crippen LogP contribution in [0.2, 0.25) is 0 Å². The highest BCUT2D eigenvalue weighted by Gasteiger charge is 2.43. The van der Waals surface area contributed by atoms with E-state index in [1.54, 1.807) is 7.11 Å². The minimum Gasteiger partial charge on any atom is -0.465 e. The zero-order valence-corrected chi connectivity index (χ0v) is 13.4. The van der Waals surface area contributed by atoms with Crippen molar-refractivity contribution in [3.05, 3.63) is 0 Å². The van der Waals surface area contributed by atoms with Crippen LogP contribution in [0.15, 0.2) is 0 Å². The van der Waals surface area contributed by atoms with Crippen molar-refractivity contribution in [3.63, 3.8) is 0 Å². The summed E-state index contributed by atoms with van der Waals surface area (Å²) in [7, 11) is 5.73. The fourth-order valence-corrected chi connectivity index (χ4v) is 3.05. The van der Waals surface area contributed by atoms with E-state index in [0.717, 1.165) is 45.3 Å². The van der Waals surface area contributed by atoms with Gasteiger partial charge in [0, 0.05) is 26.3 Å². The molecule has 0 radical (unpaired) electrons. The second-order valence-electron chi connectivity index (χ2n) is 5.63. The number of rotatable bonds is 8. The predicted molar refractivity (Wildman–Crippen MR) is 79.8 cm³/mol. The molecule has 2 unspecified atom stereocenters. The normalized spacial score (nSPS) is 26.8. The number of nitrogens with zero attached hydrogens (tertiary/aromatic N) is 1. The molecule has 20 heavy (non-hydrogen) atoms. The van der Waals surface area contributed by atoms with E-state index in [1.165, 1.54) is 0 Å². The Hall–Kier alpha value is -0.650. The molecule has 0 aliphatic heterocycles. The van der Waals surface area contributed by atoms with Crippen LogP contribution >= 0.6 is 0 Å². The van der Waals surface area contributed by atoms with Gasteiger partial charge in [-0.15, -0.1) is 0 Å². The number of esters is 1. The van der Waals surface area contributed by atoms with Gasteiger partial charge in [0.25, 0.3) is 0 Å². The Morgan fingerprint density at radius 3 is 2.85 bits per heavy atom. The van der Waals surface area contributed by atoms with Crippen molar-refractivity contribution in [1.82, 2.24) is 10.2 Å². The van der Waals surface area contributed by atoms with Crippen molar-refractivity contribution in [1.29, 1.82) is 0 Å². The SMILES string of the molecule is CCOC(=O)C1(NC)CCCC(N(C)CCCOC)C1. The lowest BCUT2D eigenvalue weighted by Crippen LogP contribution is -2.57. The number of carbonyl (C=O) groups excluding carboxylic acids is 1. The van der Waals surface area contributed by atoms with Crippen LogP contribution in [0.3, 0.4) is 0 Å². The molecule has 0 spiro atoms. The van der Waals surface area contributed by atoms with E-state index in [4.69, 9.17) is 9.47 Å². The van der Waals surface area contributed by atoms with Crippen LogP contribution in [0.1, 0.15) is 39.0 Å². The molecular formula is C15H30N2O3. The zero-order valence-electron chi connectivity index (χ0n) is 13.4. The number of carbonyl (C=O) groups is 1. The number of hydrogen-bond donors (Lipinski definition) is 1. The maximum absolute atomic E-state index is 12.3. The number of methoxy groups -OCH3 is 1. The number of nitrogens with one attached hydrogen (secondary N) is 1. The summed E-state index contributed by atoms with van der Waals surface area (Å²) in [6.45, 7) is 4.09. The third-order valence-corrected chi connectivity index (χ3v) is 4.35. The van der Waals surface area contributed by atoms with E-state index in [1.807, 2.05) is 14.0 Å². The summed E-state index contributed by atoms with van der Waals surface area (Å²) in [4.78, 5) is 14.6. The van der Waals surface area contributed by atoms with Gasteiger partial charge in [0.2, 0.25) is 0 Å². The average molecular weight is 286 g/mol. The third-order valence-electron chi connectivity index (χ3n) is 4.35. The summed E-state index contributed by atoms with van der Waals surface area (Å²) in [5.41, 5.74) is -0.506. The van der Waals surface area contributed by atoms with Gasteiger partial charge in [0.1, 0.15) is 5.54 Å². The van der Waals surface area contributed by atoms with Crippen LogP contribution in [0.5, 0.6) is 0 Å². The van der Waals surface area contributed by atoms with Gasteiger partial charge in [-0.3, -0.25) is 4.79 Å². The first-order chi connectivity index (χ1) is 9.59. The molecule has 0 aromatic carbocycles. The van der Waals surface area contributed by atoms with Gasteiger partial charge in [0.05, 0.1) is 6.61 Å². The highest BCUT2D eigenvalue weighted by Crippen LogP contribution is 2.31. The lowest BCUT2D eigenvalue weighted by atomic mass is 9.78. The Morgan fingerprint density at radius 2 is 2.25 bits per heavy atom. The van der Waals surface area contributed by atoms with Crippen molar-refractivity contribution in [2.45, 2.75) is 50.6 Å². The minimum atomic E-state index is -0.506. The summed E-state index contributed by atoms with van der Waals surface area (Å²) in [5.74, 6) is -0.0995. The van der Waals surface area contributed by atoms with Gasteiger partial charge in [-0.1, -0.05) is 0 Å². The number of ether oxygens (including phenoxy) is 2. The molecule has 5 nitrogen and oxygen atoms in total. The van der Waals surface area contributed by atoms with Crippen molar-refractivity contribution in [2.75, 3.05) is 41.0 Å². The van der Waals surface area contributed by atoms with Crippen LogP contribution in [0.4, 0.5) is 0 Å². The van der Waals surface area contributed by atoms with Crippen LogP contribution in [-0.4, -0.2) is 63.4 Å². The van der Waals surface area contributed by atoms with Gasteiger partial charge < -0.3 is 19.7 Å². The topological polar surface area (TPSA) is 50.8 Å². The van der Waals surface area contributed by atoms with Gasteiger partial charge >= 0.3 is 5.97 Å². The Kier molecular flexibility index (Phi) is 7.48. The Morgan fingerprint density at radius 1 is 1.50 bits per heavy atom. The van der Waals surface area contributed by atoms with E-state index >= 15 is 0 Å². The molecule has 0 heterocycles. The predicted octanol–water partition coefficient (Wildman–Crippen LogP) is 1.42. The lowest BCUT2D eigenvalue weighted by molar-refractivity contribution is -0.153. The molecule has 0 amide bonds. The molecule has 0 aromatic heterocycles. The molecule has 0 bridgehead atoms. The Bertz CT molecular complexity index is 299. The average Bonchev–Trinajstić information content (AvgIpc) is 2.47. The van der Waals surface area contributed by atoms with E-state index < -0.39 is 5.54 Å². The molecule has 0 aromatic rings. The van der Waals surface area contributed by atoms with Gasteiger partial charge in [-0.05, 0) is 53.1 Å². The quantitative estimate of drug-likeness (QED) is 0.540. The second kappa shape index (κ2) is 8.60. The van der Waals surface area contributed by atoms with Gasteiger partial charge in [0.15, 0.2) is 0 Å². The summed E-state index contributed by atoms with van der Waals surface area (Å²) < 4.78 is 10.4. The van der Waals surface area contributed by atoms with Crippen LogP contribution < -0.4 is 5.32 Å². The number of hydrogen-bond acceptors (Lipinski definition) is 5. The van der Waals surface area contributed by atoms with E-state index in [2.05, 4.69) is 17.3 Å². The molecular weight excluding hydrogens is 256 g/mol. The van der Waals surface area contributed by atoms with Crippen LogP contribution in [0, 0.1) is 0 Å². The highest BCUT2D eigenvalue weighted by atomic mass is 16.5. The smallest absolute Gasteiger partial charge is 0.326 e. The van der Waals surface area contributed by atoms with Crippen molar-refractivity contribution in [3.8, 4) is 0 Å². The fraction of sp³-hybridized carbons (Fsp3) is 0.933. The summed E-state index contributed by atoms with van der Waals surface area (Å²) >= 11 is 0. The van der Waals surface area contributed by atoms with Crippen LogP contribution in [0.25, 0.3) is 0 Å². The molecule has 1 aliphatic rings. The Labute approximate surface area is 123 Å². The van der Waals surface area contributed by atoms with E-state index in [-0.39, 0.29) is 5.97 Å². The number of likely N-dealkylation sites (N-methyl/N-ethyl adjacent to an activating group) is 1. The minimum absolute atomic E-state index is 0.0995.